The number of aryl methyl sites for hydroxylation is 1. The van der Waals surface area contributed by atoms with Gasteiger partial charge < -0.3 is 17.3 Å². The number of pyridine rings is 1. The second kappa shape index (κ2) is 7.32. The van der Waals surface area contributed by atoms with Gasteiger partial charge in [-0.15, -0.1) is 0 Å². The smallest absolute Gasteiger partial charge is 0.418 e. The van der Waals surface area contributed by atoms with E-state index in [0.717, 1.165) is 5.69 Å². The van der Waals surface area contributed by atoms with Crippen LogP contribution in [0.15, 0.2) is 24.4 Å². The molecule has 0 spiro atoms. The van der Waals surface area contributed by atoms with Crippen LogP contribution < -0.4 is 0 Å². The molecule has 1 N–H and O–H groups in total. The van der Waals surface area contributed by atoms with Gasteiger partial charge in [-0.2, -0.15) is 8.42 Å². The molecular formula is C8H11BF4NO3S-. The first-order valence-electron chi connectivity index (χ1n) is 4.80. The normalized spacial score (nSPS) is 11.6. The van der Waals surface area contributed by atoms with Crippen molar-refractivity contribution in [2.75, 3.05) is 5.75 Å². The lowest BCUT2D eigenvalue weighted by Gasteiger charge is -1.97. The van der Waals surface area contributed by atoms with E-state index in [1.807, 2.05) is 12.1 Å². The van der Waals surface area contributed by atoms with Crippen LogP contribution in [-0.4, -0.2) is 31.0 Å². The van der Waals surface area contributed by atoms with E-state index < -0.39 is 17.4 Å². The maximum Gasteiger partial charge on any atom is 0.673 e. The molecule has 0 aliphatic rings. The van der Waals surface area contributed by atoms with Crippen LogP contribution in [-0.2, 0) is 16.5 Å². The number of halogens is 4. The lowest BCUT2D eigenvalue weighted by molar-refractivity contribution is 0.368. The predicted octanol–water partition coefficient (Wildman–Crippen LogP) is 2.20. The zero-order valence-electron chi connectivity index (χ0n) is 9.14. The molecule has 18 heavy (non-hydrogen) atoms. The topological polar surface area (TPSA) is 67.3 Å². The van der Waals surface area contributed by atoms with Crippen LogP contribution in [0.1, 0.15) is 12.1 Å². The Morgan fingerprint density at radius 1 is 1.22 bits per heavy atom. The highest BCUT2D eigenvalue weighted by molar-refractivity contribution is 7.85. The number of nitrogens with zero attached hydrogens (tertiary/aromatic N) is 1. The fourth-order valence-corrected chi connectivity index (χ4v) is 1.49. The summed E-state index contributed by atoms with van der Waals surface area (Å²) in [6.45, 7) is 0. The Morgan fingerprint density at radius 3 is 2.17 bits per heavy atom. The zero-order chi connectivity index (χ0) is 14.2. The standard InChI is InChI=1S/C8H11NO3S.BF4/c10-13(11,12)7-3-5-8-4-1-2-6-9-8;2-1(3,4)5/h1-2,4,6H,3,5,7H2,(H,10,11,12);/q;-1. The molecule has 0 aliphatic carbocycles. The van der Waals surface area contributed by atoms with Gasteiger partial charge >= 0.3 is 7.25 Å². The predicted molar refractivity (Wildman–Crippen MR) is 59.2 cm³/mol. The number of hydrogen-bond donors (Lipinski definition) is 1. The fourth-order valence-electron chi connectivity index (χ4n) is 0.982. The quantitative estimate of drug-likeness (QED) is 0.524. The van der Waals surface area contributed by atoms with E-state index in [-0.39, 0.29) is 5.75 Å². The molecule has 1 heterocycles. The van der Waals surface area contributed by atoms with Gasteiger partial charge in [0.2, 0.25) is 0 Å². The van der Waals surface area contributed by atoms with E-state index in [0.29, 0.717) is 12.8 Å². The number of hydrogen-bond acceptors (Lipinski definition) is 3. The van der Waals surface area contributed by atoms with E-state index in [2.05, 4.69) is 4.98 Å². The first-order valence-corrected chi connectivity index (χ1v) is 6.41. The van der Waals surface area contributed by atoms with Crippen LogP contribution in [0.2, 0.25) is 0 Å². The third-order valence-electron chi connectivity index (χ3n) is 1.56. The van der Waals surface area contributed by atoms with Crippen molar-refractivity contribution in [1.29, 1.82) is 0 Å². The van der Waals surface area contributed by atoms with Gasteiger partial charge in [0.25, 0.3) is 10.1 Å². The van der Waals surface area contributed by atoms with Gasteiger partial charge in [-0.25, -0.2) is 0 Å². The maximum absolute atomic E-state index is 10.4. The lowest BCUT2D eigenvalue weighted by atomic mass is 10.2. The van der Waals surface area contributed by atoms with Crippen molar-refractivity contribution < 1.29 is 30.2 Å². The first-order chi connectivity index (χ1) is 8.08. The molecule has 0 bridgehead atoms. The molecule has 0 saturated heterocycles. The molecule has 1 aromatic rings. The minimum absolute atomic E-state index is 0.205. The van der Waals surface area contributed by atoms with Gasteiger partial charge in [-0.3, -0.25) is 9.54 Å². The van der Waals surface area contributed by atoms with Gasteiger partial charge in [0.05, 0.1) is 5.75 Å². The molecule has 1 rings (SSSR count). The number of rotatable bonds is 4. The summed E-state index contributed by atoms with van der Waals surface area (Å²) in [5.74, 6) is -0.205. The van der Waals surface area contributed by atoms with Crippen molar-refractivity contribution in [3.05, 3.63) is 30.1 Å². The van der Waals surface area contributed by atoms with Crippen molar-refractivity contribution in [3.8, 4) is 0 Å². The molecule has 1 aromatic heterocycles. The van der Waals surface area contributed by atoms with Crippen LogP contribution in [0.5, 0.6) is 0 Å². The van der Waals surface area contributed by atoms with Gasteiger partial charge in [0, 0.05) is 11.9 Å². The third-order valence-corrected chi connectivity index (χ3v) is 2.37. The van der Waals surface area contributed by atoms with Crippen molar-refractivity contribution in [1.82, 2.24) is 4.98 Å². The Bertz CT molecular complexity index is 431. The Balaban J connectivity index is 0.000000494. The van der Waals surface area contributed by atoms with Crippen LogP contribution >= 0.6 is 0 Å². The summed E-state index contributed by atoms with van der Waals surface area (Å²) in [6, 6.07) is 5.46. The monoisotopic (exact) mass is 288 g/mol. The molecule has 0 atom stereocenters. The first kappa shape index (κ1) is 16.8. The molecule has 0 fully saturated rings. The van der Waals surface area contributed by atoms with E-state index >= 15 is 0 Å². The molecular weight excluding hydrogens is 277 g/mol. The minimum Gasteiger partial charge on any atom is -0.418 e. The Hall–Kier alpha value is -1.16. The summed E-state index contributed by atoms with van der Waals surface area (Å²) in [7, 11) is -9.82. The van der Waals surface area contributed by atoms with Crippen LogP contribution in [0, 0.1) is 0 Å². The van der Waals surface area contributed by atoms with Gasteiger partial charge in [0.15, 0.2) is 0 Å². The van der Waals surface area contributed by atoms with Crippen molar-refractivity contribution in [2.24, 2.45) is 0 Å². The summed E-state index contributed by atoms with van der Waals surface area (Å²) in [6.07, 6.45) is 2.62. The second-order valence-corrected chi connectivity index (χ2v) is 4.78. The average Bonchev–Trinajstić information content (AvgIpc) is 2.14. The molecule has 10 heteroatoms. The highest BCUT2D eigenvalue weighted by atomic mass is 32.2. The van der Waals surface area contributed by atoms with Crippen molar-refractivity contribution in [2.45, 2.75) is 12.8 Å². The SMILES string of the molecule is F[B-](F)(F)F.O=S(=O)(O)CCCc1ccccn1. The summed E-state index contributed by atoms with van der Waals surface area (Å²) in [5, 5.41) is 0. The molecule has 4 nitrogen and oxygen atoms in total. The molecule has 0 amide bonds. The Morgan fingerprint density at radius 2 is 1.78 bits per heavy atom. The minimum atomic E-state index is -6.00. The van der Waals surface area contributed by atoms with E-state index in [4.69, 9.17) is 4.55 Å². The molecule has 0 radical (unpaired) electrons. The van der Waals surface area contributed by atoms with E-state index in [1.54, 1.807) is 12.3 Å². The summed E-state index contributed by atoms with van der Waals surface area (Å²) >= 11 is 0. The van der Waals surface area contributed by atoms with Crippen molar-refractivity contribution >= 4 is 17.4 Å². The summed E-state index contributed by atoms with van der Waals surface area (Å²) in [4.78, 5) is 4.02. The molecule has 0 saturated carbocycles. The molecule has 0 aliphatic heterocycles. The van der Waals surface area contributed by atoms with Crippen molar-refractivity contribution in [3.63, 3.8) is 0 Å². The van der Waals surface area contributed by atoms with Crippen LogP contribution in [0.3, 0.4) is 0 Å². The largest absolute Gasteiger partial charge is 0.673 e. The van der Waals surface area contributed by atoms with Gasteiger partial charge in [-0.05, 0) is 25.0 Å². The number of aromatic nitrogens is 1. The fraction of sp³-hybridized carbons (Fsp3) is 0.375. The van der Waals surface area contributed by atoms with Gasteiger partial charge in [-0.1, -0.05) is 6.07 Å². The third kappa shape index (κ3) is 14.8. The molecule has 104 valence electrons. The lowest BCUT2D eigenvalue weighted by Crippen LogP contribution is -2.05. The maximum atomic E-state index is 10.4. The van der Waals surface area contributed by atoms with E-state index in [9.17, 15) is 25.7 Å². The highest BCUT2D eigenvalue weighted by Gasteiger charge is 2.20. The van der Waals surface area contributed by atoms with E-state index in [1.165, 1.54) is 0 Å². The Labute approximate surface area is 102 Å². The molecule has 0 unspecified atom stereocenters. The highest BCUT2D eigenvalue weighted by Crippen LogP contribution is 2.06. The molecule has 0 aromatic carbocycles. The second-order valence-electron chi connectivity index (χ2n) is 3.21. The average molecular weight is 288 g/mol. The Kier molecular flexibility index (Phi) is 6.85. The zero-order valence-corrected chi connectivity index (χ0v) is 9.96. The summed E-state index contributed by atoms with van der Waals surface area (Å²) in [5.41, 5.74) is 0.839. The van der Waals surface area contributed by atoms with Gasteiger partial charge in [0.1, 0.15) is 0 Å². The summed E-state index contributed by atoms with van der Waals surface area (Å²) < 4.78 is 68.2. The van der Waals surface area contributed by atoms with Crippen LogP contribution in [0.25, 0.3) is 0 Å². The van der Waals surface area contributed by atoms with Crippen LogP contribution in [0.4, 0.5) is 17.3 Å².